The van der Waals surface area contributed by atoms with Gasteiger partial charge in [-0.1, -0.05) is 32.8 Å². The molecule has 17 heavy (non-hydrogen) atoms. The number of rotatable bonds is 6. The van der Waals surface area contributed by atoms with Gasteiger partial charge in [0.15, 0.2) is 0 Å². The summed E-state index contributed by atoms with van der Waals surface area (Å²) in [7, 11) is 0. The van der Waals surface area contributed by atoms with E-state index in [1.54, 1.807) is 0 Å². The molecule has 1 aromatic rings. The summed E-state index contributed by atoms with van der Waals surface area (Å²) in [6.07, 6.45) is 4.23. The molecule has 2 nitrogen and oxygen atoms in total. The van der Waals surface area contributed by atoms with E-state index in [1.807, 2.05) is 19.1 Å². The fourth-order valence-corrected chi connectivity index (χ4v) is 1.96. The molecule has 0 atom stereocenters. The van der Waals surface area contributed by atoms with Crippen LogP contribution in [0.2, 0.25) is 0 Å². The van der Waals surface area contributed by atoms with Crippen molar-refractivity contribution in [1.29, 1.82) is 0 Å². The molecule has 0 saturated heterocycles. The number of benzene rings is 1. The lowest BCUT2D eigenvalue weighted by Crippen LogP contribution is -2.06. The van der Waals surface area contributed by atoms with E-state index >= 15 is 0 Å². The lowest BCUT2D eigenvalue weighted by atomic mass is 10.00. The Morgan fingerprint density at radius 3 is 1.94 bits per heavy atom. The number of esters is 1. The number of hydrogen-bond acceptors (Lipinski definition) is 2. The van der Waals surface area contributed by atoms with Crippen LogP contribution in [0, 0.1) is 0 Å². The van der Waals surface area contributed by atoms with Gasteiger partial charge < -0.3 is 4.74 Å². The van der Waals surface area contributed by atoms with Crippen LogP contribution in [-0.4, -0.2) is 12.6 Å². The van der Waals surface area contributed by atoms with E-state index in [4.69, 9.17) is 4.74 Å². The summed E-state index contributed by atoms with van der Waals surface area (Å²) in [5.41, 5.74) is 3.17. The summed E-state index contributed by atoms with van der Waals surface area (Å²) >= 11 is 0. The van der Waals surface area contributed by atoms with Crippen molar-refractivity contribution >= 4 is 5.97 Å². The summed E-state index contributed by atoms with van der Waals surface area (Å²) in [6, 6.07) is 6.12. The zero-order valence-electron chi connectivity index (χ0n) is 11.1. The number of hydrogen-bond donors (Lipinski definition) is 0. The fraction of sp³-hybridized carbons (Fsp3) is 0.533. The zero-order chi connectivity index (χ0) is 12.7. The number of carbonyl (C=O) groups is 1. The van der Waals surface area contributed by atoms with Crippen LogP contribution in [-0.2, 0) is 17.6 Å². The topological polar surface area (TPSA) is 26.3 Å². The van der Waals surface area contributed by atoms with Gasteiger partial charge in [0, 0.05) is 0 Å². The molecule has 1 rings (SSSR count). The monoisotopic (exact) mass is 234 g/mol. The molecule has 0 N–H and O–H groups in total. The van der Waals surface area contributed by atoms with Crippen molar-refractivity contribution in [3.8, 4) is 0 Å². The van der Waals surface area contributed by atoms with Gasteiger partial charge in [0.2, 0.25) is 0 Å². The minimum Gasteiger partial charge on any atom is -0.462 e. The highest BCUT2D eigenvalue weighted by Crippen LogP contribution is 2.15. The van der Waals surface area contributed by atoms with Gasteiger partial charge in [-0.05, 0) is 43.0 Å². The predicted molar refractivity (Wildman–Crippen MR) is 70.4 cm³/mol. The van der Waals surface area contributed by atoms with Crippen LogP contribution in [0.3, 0.4) is 0 Å². The van der Waals surface area contributed by atoms with Gasteiger partial charge in [-0.15, -0.1) is 0 Å². The quantitative estimate of drug-likeness (QED) is 0.700. The van der Waals surface area contributed by atoms with Crippen molar-refractivity contribution in [2.75, 3.05) is 6.61 Å². The van der Waals surface area contributed by atoms with Crippen molar-refractivity contribution < 1.29 is 9.53 Å². The Morgan fingerprint density at radius 2 is 1.53 bits per heavy atom. The Bertz CT molecular complexity index is 345. The van der Waals surface area contributed by atoms with Gasteiger partial charge in [0.05, 0.1) is 12.2 Å². The molecule has 0 spiro atoms. The molecule has 0 heterocycles. The number of ether oxygens (including phenoxy) is 1. The average molecular weight is 234 g/mol. The van der Waals surface area contributed by atoms with E-state index in [2.05, 4.69) is 19.9 Å². The van der Waals surface area contributed by atoms with Gasteiger partial charge >= 0.3 is 5.97 Å². The second kappa shape index (κ2) is 7.10. The molecular weight excluding hydrogens is 212 g/mol. The second-order valence-corrected chi connectivity index (χ2v) is 4.26. The van der Waals surface area contributed by atoms with Crippen LogP contribution < -0.4 is 0 Å². The van der Waals surface area contributed by atoms with Crippen molar-refractivity contribution in [3.63, 3.8) is 0 Å². The van der Waals surface area contributed by atoms with Gasteiger partial charge in [-0.3, -0.25) is 0 Å². The normalized spacial score (nSPS) is 10.3. The predicted octanol–water partition coefficient (Wildman–Crippen LogP) is 3.77. The molecule has 0 aliphatic carbocycles. The first kappa shape index (κ1) is 13.8. The van der Waals surface area contributed by atoms with E-state index in [0.717, 1.165) is 25.7 Å². The maximum Gasteiger partial charge on any atom is 0.338 e. The zero-order valence-corrected chi connectivity index (χ0v) is 11.1. The molecule has 94 valence electrons. The molecular formula is C15H22O2. The number of carbonyl (C=O) groups excluding carboxylic acids is 1. The van der Waals surface area contributed by atoms with Crippen LogP contribution >= 0.6 is 0 Å². The first-order valence-electron chi connectivity index (χ1n) is 6.51. The van der Waals surface area contributed by atoms with Crippen LogP contribution in [0.1, 0.15) is 55.1 Å². The first-order valence-corrected chi connectivity index (χ1v) is 6.51. The van der Waals surface area contributed by atoms with Gasteiger partial charge in [0.25, 0.3) is 0 Å². The Morgan fingerprint density at radius 1 is 1.00 bits per heavy atom. The highest BCUT2D eigenvalue weighted by atomic mass is 16.5. The molecule has 0 aromatic heterocycles. The molecule has 0 unspecified atom stereocenters. The van der Waals surface area contributed by atoms with Crippen LogP contribution in [0.15, 0.2) is 18.2 Å². The maximum absolute atomic E-state index is 11.7. The van der Waals surface area contributed by atoms with Crippen LogP contribution in [0.25, 0.3) is 0 Å². The van der Waals surface area contributed by atoms with E-state index in [0.29, 0.717) is 12.2 Å². The standard InChI is InChI=1S/C15H22O2/c1-4-7-12-9-13(8-5-2)11-14(10-12)15(16)17-6-3/h9-11H,4-8H2,1-3H3. The summed E-state index contributed by atoms with van der Waals surface area (Å²) < 4.78 is 5.06. The fourth-order valence-electron chi connectivity index (χ4n) is 1.96. The van der Waals surface area contributed by atoms with E-state index in [1.165, 1.54) is 11.1 Å². The Kier molecular flexibility index (Phi) is 5.75. The van der Waals surface area contributed by atoms with Gasteiger partial charge in [-0.25, -0.2) is 4.79 Å². The summed E-state index contributed by atoms with van der Waals surface area (Å²) in [6.45, 7) is 6.56. The van der Waals surface area contributed by atoms with Crippen LogP contribution in [0.5, 0.6) is 0 Å². The molecule has 0 amide bonds. The Labute approximate surface area is 104 Å². The molecule has 1 aromatic carbocycles. The van der Waals surface area contributed by atoms with Crippen molar-refractivity contribution in [1.82, 2.24) is 0 Å². The van der Waals surface area contributed by atoms with Crippen molar-refractivity contribution in [2.24, 2.45) is 0 Å². The molecule has 0 saturated carbocycles. The van der Waals surface area contributed by atoms with E-state index in [-0.39, 0.29) is 5.97 Å². The maximum atomic E-state index is 11.7. The van der Waals surface area contributed by atoms with Gasteiger partial charge in [0.1, 0.15) is 0 Å². The van der Waals surface area contributed by atoms with Crippen LogP contribution in [0.4, 0.5) is 0 Å². The van der Waals surface area contributed by atoms with Crippen molar-refractivity contribution in [3.05, 3.63) is 34.9 Å². The summed E-state index contributed by atoms with van der Waals surface area (Å²) in [5, 5.41) is 0. The first-order chi connectivity index (χ1) is 8.21. The molecule has 0 aliphatic heterocycles. The lowest BCUT2D eigenvalue weighted by molar-refractivity contribution is 0.0526. The summed E-state index contributed by atoms with van der Waals surface area (Å²) in [5.74, 6) is -0.206. The largest absolute Gasteiger partial charge is 0.462 e. The highest BCUT2D eigenvalue weighted by molar-refractivity contribution is 5.89. The third kappa shape index (κ3) is 4.22. The minimum absolute atomic E-state index is 0.206. The average Bonchev–Trinajstić information content (AvgIpc) is 2.30. The third-order valence-corrected chi connectivity index (χ3v) is 2.64. The third-order valence-electron chi connectivity index (χ3n) is 2.64. The molecule has 0 fully saturated rings. The van der Waals surface area contributed by atoms with Gasteiger partial charge in [-0.2, -0.15) is 0 Å². The Balaban J connectivity index is 2.98. The number of aryl methyl sites for hydroxylation is 2. The smallest absolute Gasteiger partial charge is 0.338 e. The van der Waals surface area contributed by atoms with E-state index in [9.17, 15) is 4.79 Å². The van der Waals surface area contributed by atoms with E-state index < -0.39 is 0 Å². The molecule has 0 aliphatic rings. The molecule has 0 radical (unpaired) electrons. The minimum atomic E-state index is -0.206. The summed E-state index contributed by atoms with van der Waals surface area (Å²) in [4.78, 5) is 11.7. The van der Waals surface area contributed by atoms with Crippen molar-refractivity contribution in [2.45, 2.75) is 46.5 Å². The highest BCUT2D eigenvalue weighted by Gasteiger charge is 2.09. The molecule has 2 heteroatoms. The SMILES string of the molecule is CCCc1cc(CCC)cc(C(=O)OCC)c1. The lowest BCUT2D eigenvalue weighted by Gasteiger charge is -2.08. The Hall–Kier alpha value is -1.31. The molecule has 0 bridgehead atoms. The second-order valence-electron chi connectivity index (χ2n) is 4.26.